The molecule has 0 aliphatic heterocycles. The number of hydrogen-bond acceptors (Lipinski definition) is 0. The molecule has 1 fully saturated rings. The Bertz CT molecular complexity index is 153. The molecular formula is C8H14N2. The van der Waals surface area contributed by atoms with Crippen molar-refractivity contribution in [3.05, 3.63) is 5.53 Å². The molecule has 0 N–H and O–H groups in total. The molecule has 0 radical (unpaired) electrons. The highest BCUT2D eigenvalue weighted by atomic mass is 14.9. The zero-order valence-electron chi connectivity index (χ0n) is 6.51. The van der Waals surface area contributed by atoms with Crippen LogP contribution < -0.4 is 0 Å². The third kappa shape index (κ3) is 2.32. The molecule has 0 saturated heterocycles. The Morgan fingerprint density at radius 2 is 2.30 bits per heavy atom. The third-order valence-corrected chi connectivity index (χ3v) is 2.09. The van der Waals surface area contributed by atoms with Crippen molar-refractivity contribution in [3.8, 4) is 0 Å². The van der Waals surface area contributed by atoms with Gasteiger partial charge in [0.25, 0.3) is 5.71 Å². The molecule has 10 heavy (non-hydrogen) atoms. The van der Waals surface area contributed by atoms with Gasteiger partial charge < -0.3 is 5.53 Å². The van der Waals surface area contributed by atoms with E-state index in [-0.39, 0.29) is 0 Å². The highest BCUT2D eigenvalue weighted by molar-refractivity contribution is 5.78. The first-order valence-corrected chi connectivity index (χ1v) is 4.06. The first-order valence-electron chi connectivity index (χ1n) is 4.06. The fourth-order valence-electron chi connectivity index (χ4n) is 1.07. The van der Waals surface area contributed by atoms with Gasteiger partial charge in [0.2, 0.25) is 0 Å². The molecule has 0 amide bonds. The maximum Gasteiger partial charge on any atom is 0.268 e. The van der Waals surface area contributed by atoms with Crippen molar-refractivity contribution in [2.75, 3.05) is 0 Å². The average Bonchev–Trinajstić information content (AvgIpc) is 2.74. The van der Waals surface area contributed by atoms with Gasteiger partial charge in [0.15, 0.2) is 0 Å². The molecule has 1 aliphatic carbocycles. The van der Waals surface area contributed by atoms with Gasteiger partial charge in [0, 0.05) is 12.8 Å². The zero-order chi connectivity index (χ0) is 7.40. The maximum atomic E-state index is 8.45. The lowest BCUT2D eigenvalue weighted by Crippen LogP contribution is -1.97. The van der Waals surface area contributed by atoms with Crippen LogP contribution in [-0.2, 0) is 0 Å². The quantitative estimate of drug-likeness (QED) is 0.324. The lowest BCUT2D eigenvalue weighted by molar-refractivity contribution is -0.0112. The Morgan fingerprint density at radius 1 is 1.60 bits per heavy atom. The molecule has 1 saturated carbocycles. The van der Waals surface area contributed by atoms with E-state index in [2.05, 4.69) is 4.79 Å². The van der Waals surface area contributed by atoms with Crippen LogP contribution in [0, 0.1) is 5.92 Å². The minimum Gasteiger partial charge on any atom is -0.362 e. The van der Waals surface area contributed by atoms with Crippen molar-refractivity contribution in [1.29, 1.82) is 0 Å². The van der Waals surface area contributed by atoms with Gasteiger partial charge >= 0.3 is 0 Å². The van der Waals surface area contributed by atoms with Crippen molar-refractivity contribution >= 4 is 5.71 Å². The van der Waals surface area contributed by atoms with E-state index >= 15 is 0 Å². The number of rotatable bonds is 4. The Morgan fingerprint density at radius 3 is 2.70 bits per heavy atom. The summed E-state index contributed by atoms with van der Waals surface area (Å²) >= 11 is 0. The second-order valence-electron chi connectivity index (χ2n) is 3.00. The van der Waals surface area contributed by atoms with E-state index in [1.165, 1.54) is 19.3 Å². The highest BCUT2D eigenvalue weighted by Crippen LogP contribution is 2.33. The summed E-state index contributed by atoms with van der Waals surface area (Å²) in [6.07, 6.45) is 5.90. The van der Waals surface area contributed by atoms with Crippen molar-refractivity contribution in [2.45, 2.75) is 39.0 Å². The van der Waals surface area contributed by atoms with E-state index in [1.807, 2.05) is 6.92 Å². The fourth-order valence-corrected chi connectivity index (χ4v) is 1.07. The SMILES string of the molecule is CCC(CCC1CC1)=[N+]=[N-]. The second-order valence-corrected chi connectivity index (χ2v) is 3.00. The van der Waals surface area contributed by atoms with Gasteiger partial charge in [-0.2, -0.15) is 4.79 Å². The minimum absolute atomic E-state index is 0.892. The Hall–Kier alpha value is -0.620. The lowest BCUT2D eigenvalue weighted by Gasteiger charge is -1.89. The molecule has 0 heterocycles. The fraction of sp³-hybridized carbons (Fsp3) is 0.875. The molecule has 0 atom stereocenters. The van der Waals surface area contributed by atoms with Gasteiger partial charge in [-0.15, -0.1) is 0 Å². The molecule has 1 aliphatic rings. The summed E-state index contributed by atoms with van der Waals surface area (Å²) in [5, 5.41) is 0. The largest absolute Gasteiger partial charge is 0.362 e. The van der Waals surface area contributed by atoms with E-state index < -0.39 is 0 Å². The van der Waals surface area contributed by atoms with Crippen LogP contribution in [-0.4, -0.2) is 10.5 Å². The smallest absolute Gasteiger partial charge is 0.268 e. The summed E-state index contributed by atoms with van der Waals surface area (Å²) in [6, 6.07) is 0. The van der Waals surface area contributed by atoms with E-state index in [9.17, 15) is 0 Å². The molecule has 0 unspecified atom stereocenters. The summed E-state index contributed by atoms with van der Waals surface area (Å²) in [5.41, 5.74) is 9.40. The number of hydrogen-bond donors (Lipinski definition) is 0. The molecule has 0 aromatic carbocycles. The van der Waals surface area contributed by atoms with E-state index in [0.717, 1.165) is 24.5 Å². The van der Waals surface area contributed by atoms with Crippen molar-refractivity contribution in [3.63, 3.8) is 0 Å². The molecular weight excluding hydrogens is 124 g/mol. The highest BCUT2D eigenvalue weighted by Gasteiger charge is 2.22. The van der Waals surface area contributed by atoms with Gasteiger partial charge in [-0.1, -0.05) is 19.8 Å². The summed E-state index contributed by atoms with van der Waals surface area (Å²) in [6.45, 7) is 2.03. The van der Waals surface area contributed by atoms with Crippen molar-refractivity contribution < 1.29 is 4.79 Å². The summed E-state index contributed by atoms with van der Waals surface area (Å²) in [5.74, 6) is 0.947. The molecule has 0 aromatic heterocycles. The minimum atomic E-state index is 0.892. The van der Waals surface area contributed by atoms with Crippen LogP contribution in [0.15, 0.2) is 0 Å². The van der Waals surface area contributed by atoms with Gasteiger partial charge in [-0.3, -0.25) is 0 Å². The summed E-state index contributed by atoms with van der Waals surface area (Å²) < 4.78 is 0. The van der Waals surface area contributed by atoms with Crippen LogP contribution in [0.3, 0.4) is 0 Å². The van der Waals surface area contributed by atoms with Gasteiger partial charge in [0.1, 0.15) is 0 Å². The van der Waals surface area contributed by atoms with Gasteiger partial charge in [-0.25, -0.2) is 0 Å². The predicted molar refractivity (Wildman–Crippen MR) is 40.9 cm³/mol. The normalized spacial score (nSPS) is 16.5. The summed E-state index contributed by atoms with van der Waals surface area (Å²) in [7, 11) is 0. The molecule has 0 spiro atoms. The third-order valence-electron chi connectivity index (χ3n) is 2.09. The van der Waals surface area contributed by atoms with E-state index in [0.29, 0.717) is 0 Å². The topological polar surface area (TPSA) is 36.4 Å². The van der Waals surface area contributed by atoms with Crippen LogP contribution in [0.4, 0.5) is 0 Å². The Kier molecular flexibility index (Phi) is 2.64. The van der Waals surface area contributed by atoms with Gasteiger partial charge in [0.05, 0.1) is 0 Å². The lowest BCUT2D eigenvalue weighted by atomic mass is 10.1. The second kappa shape index (κ2) is 3.52. The molecule has 2 nitrogen and oxygen atoms in total. The summed E-state index contributed by atoms with van der Waals surface area (Å²) in [4.78, 5) is 3.22. The van der Waals surface area contributed by atoms with E-state index in [4.69, 9.17) is 5.53 Å². The average molecular weight is 138 g/mol. The Balaban J connectivity index is 2.15. The number of nitrogens with zero attached hydrogens (tertiary/aromatic N) is 2. The predicted octanol–water partition coefficient (Wildman–Crippen LogP) is 2.26. The van der Waals surface area contributed by atoms with Crippen LogP contribution in [0.2, 0.25) is 0 Å². The van der Waals surface area contributed by atoms with Crippen LogP contribution >= 0.6 is 0 Å². The molecule has 0 aromatic rings. The monoisotopic (exact) mass is 138 g/mol. The standard InChI is InChI=1S/C8H14N2/c1-2-8(10-9)6-5-7-3-4-7/h7H,2-6H2,1H3. The Labute approximate surface area is 61.9 Å². The van der Waals surface area contributed by atoms with Crippen LogP contribution in [0.25, 0.3) is 5.53 Å². The molecule has 2 heteroatoms. The van der Waals surface area contributed by atoms with E-state index in [1.54, 1.807) is 0 Å². The van der Waals surface area contributed by atoms with Crippen molar-refractivity contribution in [1.82, 2.24) is 0 Å². The van der Waals surface area contributed by atoms with Crippen LogP contribution in [0.5, 0.6) is 0 Å². The van der Waals surface area contributed by atoms with Crippen molar-refractivity contribution in [2.24, 2.45) is 5.92 Å². The molecule has 0 bridgehead atoms. The van der Waals surface area contributed by atoms with Crippen LogP contribution in [0.1, 0.15) is 39.0 Å². The molecule has 1 rings (SSSR count). The maximum absolute atomic E-state index is 8.45. The first kappa shape index (κ1) is 7.49. The molecule has 56 valence electrons. The zero-order valence-corrected chi connectivity index (χ0v) is 6.51. The van der Waals surface area contributed by atoms with Gasteiger partial charge in [-0.05, 0) is 12.3 Å². The first-order chi connectivity index (χ1) is 4.86.